The number of aromatic nitrogens is 4. The average Bonchev–Trinajstić information content (AvgIpc) is 3.24. The molecular formula is C14H15N7O4S2. The first-order valence-corrected chi connectivity index (χ1v) is 9.55. The Bertz CT molecular complexity index is 922. The molecule has 0 fully saturated rings. The summed E-state index contributed by atoms with van der Waals surface area (Å²) < 4.78 is 5.47. The molecule has 2 aromatic rings. The fraction of sp³-hybridized carbons (Fsp3) is 0.429. The van der Waals surface area contributed by atoms with Gasteiger partial charge in [-0.05, 0) is 13.8 Å². The van der Waals surface area contributed by atoms with Crippen molar-refractivity contribution in [1.82, 2.24) is 25.3 Å². The van der Waals surface area contributed by atoms with Gasteiger partial charge in [-0.15, -0.1) is 20.4 Å². The first-order chi connectivity index (χ1) is 12.8. The van der Waals surface area contributed by atoms with Gasteiger partial charge in [0, 0.05) is 19.2 Å². The molecule has 1 aliphatic heterocycles. The van der Waals surface area contributed by atoms with Gasteiger partial charge in [-0.1, -0.05) is 23.1 Å². The zero-order valence-electron chi connectivity index (χ0n) is 14.6. The number of urea groups is 1. The van der Waals surface area contributed by atoms with E-state index in [1.807, 2.05) is 0 Å². The Balaban J connectivity index is 1.55. The van der Waals surface area contributed by atoms with Crippen LogP contribution in [0.3, 0.4) is 0 Å². The maximum Gasteiger partial charge on any atom is 0.349 e. The Hall–Kier alpha value is -2.67. The summed E-state index contributed by atoms with van der Waals surface area (Å²) in [5.74, 6) is -0.989. The molecule has 1 aliphatic rings. The largest absolute Gasteiger partial charge is 0.416 e. The van der Waals surface area contributed by atoms with Crippen LogP contribution in [0.25, 0.3) is 0 Å². The third kappa shape index (κ3) is 4.54. The number of amides is 4. The normalized spacial score (nSPS) is 17.2. The molecule has 0 saturated carbocycles. The first kappa shape index (κ1) is 19.1. The zero-order chi connectivity index (χ0) is 19.6. The number of carbonyl (C=O) groups excluding carboxylic acids is 3. The summed E-state index contributed by atoms with van der Waals surface area (Å²) in [6, 6.07) is -0.591. The zero-order valence-corrected chi connectivity index (χ0v) is 16.3. The molecular weight excluding hydrogens is 394 g/mol. The number of carbonyl (C=O) groups is 3. The van der Waals surface area contributed by atoms with Crippen molar-refractivity contribution in [3.05, 3.63) is 10.9 Å². The number of nitrogens with zero attached hydrogens (tertiary/aromatic N) is 6. The van der Waals surface area contributed by atoms with Crippen LogP contribution in [0.15, 0.2) is 14.6 Å². The van der Waals surface area contributed by atoms with E-state index >= 15 is 0 Å². The molecule has 3 heterocycles. The highest BCUT2D eigenvalue weighted by molar-refractivity contribution is 7.99. The van der Waals surface area contributed by atoms with Gasteiger partial charge in [0.25, 0.3) is 5.22 Å². The van der Waals surface area contributed by atoms with Crippen molar-refractivity contribution < 1.29 is 18.8 Å². The standard InChI is InChI=1S/C14H15N7O4S2/c1-6-8(11(23)21(3)13(24)15-6)4-10-18-20-14(25-10)26-5-9(22)16-12-19-17-7(2)27-12/h8H,4-5H2,1-3H3,(H,16,19,22). The molecule has 1 atom stereocenters. The smallest absolute Gasteiger partial charge is 0.349 e. The summed E-state index contributed by atoms with van der Waals surface area (Å²) in [6.07, 6.45) is 0.135. The van der Waals surface area contributed by atoms with Crippen LogP contribution in [-0.4, -0.2) is 61.7 Å². The fourth-order valence-corrected chi connectivity index (χ4v) is 3.42. The lowest BCUT2D eigenvalue weighted by atomic mass is 9.97. The molecule has 142 valence electrons. The van der Waals surface area contributed by atoms with Crippen LogP contribution in [0.1, 0.15) is 17.8 Å². The molecule has 13 heteroatoms. The van der Waals surface area contributed by atoms with E-state index in [1.54, 1.807) is 13.8 Å². The lowest BCUT2D eigenvalue weighted by Crippen LogP contribution is -2.44. The van der Waals surface area contributed by atoms with E-state index in [4.69, 9.17) is 4.42 Å². The SMILES string of the molecule is CC1=NC(=O)N(C)C(=O)C1Cc1nnc(SCC(=O)Nc2nnc(C)s2)o1. The van der Waals surface area contributed by atoms with Crippen LogP contribution in [0, 0.1) is 12.8 Å². The molecule has 11 nitrogen and oxygen atoms in total. The Labute approximate surface area is 161 Å². The number of imide groups is 1. The number of rotatable bonds is 6. The Kier molecular flexibility index (Phi) is 5.60. The number of hydrogen-bond donors (Lipinski definition) is 1. The number of anilines is 1. The van der Waals surface area contributed by atoms with E-state index in [2.05, 4.69) is 30.7 Å². The molecule has 0 bridgehead atoms. The Morgan fingerprint density at radius 3 is 2.74 bits per heavy atom. The summed E-state index contributed by atoms with van der Waals surface area (Å²) in [4.78, 5) is 40.4. The average molecular weight is 409 g/mol. The minimum Gasteiger partial charge on any atom is -0.416 e. The van der Waals surface area contributed by atoms with Gasteiger partial charge in [0.05, 0.1) is 11.7 Å². The van der Waals surface area contributed by atoms with E-state index < -0.39 is 11.9 Å². The Morgan fingerprint density at radius 2 is 2.04 bits per heavy atom. The number of aliphatic imine (C=N–C) groups is 1. The van der Waals surface area contributed by atoms with Gasteiger partial charge in [-0.25, -0.2) is 9.79 Å². The summed E-state index contributed by atoms with van der Waals surface area (Å²) in [5, 5.41) is 19.4. The highest BCUT2D eigenvalue weighted by Gasteiger charge is 2.34. The van der Waals surface area contributed by atoms with E-state index in [0.717, 1.165) is 21.7 Å². The van der Waals surface area contributed by atoms with E-state index in [9.17, 15) is 14.4 Å². The van der Waals surface area contributed by atoms with Gasteiger partial charge in [-0.2, -0.15) is 0 Å². The molecule has 1 N–H and O–H groups in total. The van der Waals surface area contributed by atoms with Crippen molar-refractivity contribution in [3.8, 4) is 0 Å². The molecule has 0 saturated heterocycles. The third-order valence-electron chi connectivity index (χ3n) is 3.62. The minimum absolute atomic E-state index is 0.0559. The highest BCUT2D eigenvalue weighted by Crippen LogP contribution is 2.21. The molecule has 1 unspecified atom stereocenters. The van der Waals surface area contributed by atoms with Crippen LogP contribution in [-0.2, 0) is 16.0 Å². The summed E-state index contributed by atoms with van der Waals surface area (Å²) in [7, 11) is 1.38. The van der Waals surface area contributed by atoms with Crippen molar-refractivity contribution >= 4 is 51.8 Å². The van der Waals surface area contributed by atoms with Gasteiger partial charge in [0.2, 0.25) is 22.8 Å². The van der Waals surface area contributed by atoms with Crippen LogP contribution >= 0.6 is 23.1 Å². The van der Waals surface area contributed by atoms with Gasteiger partial charge < -0.3 is 4.42 Å². The number of nitrogens with one attached hydrogen (secondary N) is 1. The summed E-state index contributed by atoms with van der Waals surface area (Å²) in [6.45, 7) is 3.40. The van der Waals surface area contributed by atoms with E-state index in [0.29, 0.717) is 10.8 Å². The fourth-order valence-electron chi connectivity index (χ4n) is 2.23. The van der Waals surface area contributed by atoms with Crippen LogP contribution < -0.4 is 5.32 Å². The van der Waals surface area contributed by atoms with Crippen LogP contribution in [0.5, 0.6) is 0 Å². The molecule has 4 amide bonds. The Morgan fingerprint density at radius 1 is 1.26 bits per heavy atom. The molecule has 3 rings (SSSR count). The number of hydrogen-bond acceptors (Lipinski definition) is 10. The topological polar surface area (TPSA) is 144 Å². The predicted octanol–water partition coefficient (Wildman–Crippen LogP) is 1.17. The quantitative estimate of drug-likeness (QED) is 0.695. The summed E-state index contributed by atoms with van der Waals surface area (Å²) in [5.41, 5.74) is 0.405. The van der Waals surface area contributed by atoms with Crippen LogP contribution in [0.4, 0.5) is 9.93 Å². The van der Waals surface area contributed by atoms with E-state index in [1.165, 1.54) is 18.4 Å². The third-order valence-corrected chi connectivity index (χ3v) is 5.19. The van der Waals surface area contributed by atoms with Crippen LogP contribution in [0.2, 0.25) is 0 Å². The summed E-state index contributed by atoms with van der Waals surface area (Å²) >= 11 is 2.34. The van der Waals surface area contributed by atoms with Gasteiger partial charge >= 0.3 is 6.03 Å². The van der Waals surface area contributed by atoms with Crippen molar-refractivity contribution in [2.75, 3.05) is 18.1 Å². The van der Waals surface area contributed by atoms with Crippen molar-refractivity contribution in [3.63, 3.8) is 0 Å². The highest BCUT2D eigenvalue weighted by atomic mass is 32.2. The molecule has 0 aliphatic carbocycles. The van der Waals surface area contributed by atoms with Crippen molar-refractivity contribution in [1.29, 1.82) is 0 Å². The second-order valence-electron chi connectivity index (χ2n) is 5.61. The van der Waals surface area contributed by atoms with Crippen molar-refractivity contribution in [2.45, 2.75) is 25.5 Å². The second kappa shape index (κ2) is 7.92. The molecule has 0 spiro atoms. The number of thioether (sulfide) groups is 1. The first-order valence-electron chi connectivity index (χ1n) is 7.75. The van der Waals surface area contributed by atoms with Gasteiger partial charge in [-0.3, -0.25) is 19.8 Å². The molecule has 27 heavy (non-hydrogen) atoms. The van der Waals surface area contributed by atoms with E-state index in [-0.39, 0.29) is 35.1 Å². The minimum atomic E-state index is -0.630. The second-order valence-corrected chi connectivity index (χ2v) is 7.72. The maximum absolute atomic E-state index is 12.2. The predicted molar refractivity (Wildman–Crippen MR) is 96.8 cm³/mol. The monoisotopic (exact) mass is 409 g/mol. The molecule has 0 aromatic carbocycles. The number of aryl methyl sites for hydroxylation is 1. The lowest BCUT2D eigenvalue weighted by Gasteiger charge is -2.24. The molecule has 2 aromatic heterocycles. The van der Waals surface area contributed by atoms with Gasteiger partial charge in [0.1, 0.15) is 5.01 Å². The lowest BCUT2D eigenvalue weighted by molar-refractivity contribution is -0.129. The maximum atomic E-state index is 12.2. The van der Waals surface area contributed by atoms with Crippen molar-refractivity contribution in [2.24, 2.45) is 10.9 Å². The molecule has 0 radical (unpaired) electrons. The van der Waals surface area contributed by atoms with Gasteiger partial charge in [0.15, 0.2) is 0 Å².